The first kappa shape index (κ1) is 27.8. The third kappa shape index (κ3) is 6.69. The van der Waals surface area contributed by atoms with Gasteiger partial charge in [-0.2, -0.15) is 0 Å². The fraction of sp³-hybridized carbons (Fsp3) is 0.516. The van der Waals surface area contributed by atoms with Gasteiger partial charge in [0.05, 0.1) is 12.7 Å². The first-order valence-electron chi connectivity index (χ1n) is 14.7. The Morgan fingerprint density at radius 1 is 0.800 bits per heavy atom. The van der Waals surface area contributed by atoms with Gasteiger partial charge in [-0.05, 0) is 68.5 Å². The Bertz CT molecular complexity index is 1200. The molecule has 2 aromatic carbocycles. The number of nitrogens with one attached hydrogen (secondary N) is 2. The van der Waals surface area contributed by atoms with Crippen LogP contribution >= 0.6 is 0 Å². The average Bonchev–Trinajstić information content (AvgIpc) is 3.01. The van der Waals surface area contributed by atoms with E-state index in [1.54, 1.807) is 37.4 Å². The molecule has 0 atom stereocenters. The summed E-state index contributed by atoms with van der Waals surface area (Å²) in [6, 6.07) is 12.9. The Morgan fingerprint density at radius 2 is 1.52 bits per heavy atom. The molecule has 0 aromatic heterocycles. The maximum Gasteiger partial charge on any atom is 0.317 e. The molecule has 0 radical (unpaired) electrons. The van der Waals surface area contributed by atoms with Gasteiger partial charge < -0.3 is 30.1 Å². The number of anilines is 2. The van der Waals surface area contributed by atoms with Crippen LogP contribution in [0.15, 0.2) is 42.5 Å². The van der Waals surface area contributed by atoms with Crippen LogP contribution in [-0.2, 0) is 0 Å². The Labute approximate surface area is 236 Å². The van der Waals surface area contributed by atoms with Gasteiger partial charge in [0.25, 0.3) is 11.8 Å². The second kappa shape index (κ2) is 13.1. The molecule has 40 heavy (non-hydrogen) atoms. The minimum Gasteiger partial charge on any atom is -0.497 e. The number of carbonyl (C=O) groups is 3. The minimum absolute atomic E-state index is 0.00958. The maximum absolute atomic E-state index is 13.7. The number of methoxy groups -OCH3 is 1. The third-order valence-corrected chi connectivity index (χ3v) is 8.30. The zero-order chi connectivity index (χ0) is 27.9. The fourth-order valence-corrected chi connectivity index (χ4v) is 5.96. The summed E-state index contributed by atoms with van der Waals surface area (Å²) in [6.07, 6.45) is 8.89. The molecule has 2 N–H and O–H groups in total. The molecule has 1 aliphatic carbocycles. The predicted octanol–water partition coefficient (Wildman–Crippen LogP) is 4.74. The van der Waals surface area contributed by atoms with Crippen molar-refractivity contribution >= 4 is 29.2 Å². The number of likely N-dealkylation sites (tertiary alicyclic amines) is 1. The van der Waals surface area contributed by atoms with E-state index in [1.165, 1.54) is 19.3 Å². The van der Waals surface area contributed by atoms with E-state index in [-0.39, 0.29) is 23.9 Å². The third-order valence-electron chi connectivity index (χ3n) is 8.30. The summed E-state index contributed by atoms with van der Waals surface area (Å²) >= 11 is 0. The van der Waals surface area contributed by atoms with Crippen molar-refractivity contribution in [2.75, 3.05) is 56.6 Å². The molecule has 1 saturated carbocycles. The fourth-order valence-electron chi connectivity index (χ4n) is 5.96. The highest BCUT2D eigenvalue weighted by atomic mass is 16.5. The van der Waals surface area contributed by atoms with Crippen LogP contribution in [0.25, 0.3) is 0 Å². The van der Waals surface area contributed by atoms with E-state index in [0.717, 1.165) is 50.9 Å². The van der Waals surface area contributed by atoms with Crippen molar-refractivity contribution in [3.05, 3.63) is 53.6 Å². The van der Waals surface area contributed by atoms with Crippen molar-refractivity contribution in [1.29, 1.82) is 0 Å². The molecule has 0 spiro atoms. The largest absolute Gasteiger partial charge is 0.497 e. The van der Waals surface area contributed by atoms with Gasteiger partial charge in [0.15, 0.2) is 0 Å². The van der Waals surface area contributed by atoms with Crippen LogP contribution in [0.5, 0.6) is 5.75 Å². The maximum atomic E-state index is 13.7. The zero-order valence-electron chi connectivity index (χ0n) is 23.5. The topological polar surface area (TPSA) is 94.2 Å². The van der Waals surface area contributed by atoms with Crippen molar-refractivity contribution in [2.45, 2.75) is 57.4 Å². The lowest BCUT2D eigenvalue weighted by molar-refractivity contribution is 0.0724. The number of nitrogens with zero attached hydrogens (tertiary/aromatic N) is 3. The number of benzene rings is 2. The molecule has 5 rings (SSSR count). The van der Waals surface area contributed by atoms with Gasteiger partial charge in [-0.15, -0.1) is 0 Å². The lowest BCUT2D eigenvalue weighted by Gasteiger charge is -2.38. The Kier molecular flexibility index (Phi) is 9.08. The second-order valence-corrected chi connectivity index (χ2v) is 11.0. The summed E-state index contributed by atoms with van der Waals surface area (Å²) in [5.74, 6) is 0.334. The molecule has 9 nitrogen and oxygen atoms in total. The monoisotopic (exact) mass is 547 g/mol. The van der Waals surface area contributed by atoms with E-state index >= 15 is 0 Å². The number of piperidine rings is 1. The molecule has 2 saturated heterocycles. The number of ether oxygens (including phenoxy) is 1. The Hall–Kier alpha value is -3.75. The molecular formula is C31H41N5O4. The van der Waals surface area contributed by atoms with Crippen molar-refractivity contribution in [2.24, 2.45) is 0 Å². The van der Waals surface area contributed by atoms with Crippen LogP contribution in [0, 0.1) is 0 Å². The predicted molar refractivity (Wildman–Crippen MR) is 156 cm³/mol. The van der Waals surface area contributed by atoms with E-state index in [1.807, 2.05) is 21.9 Å². The summed E-state index contributed by atoms with van der Waals surface area (Å²) in [7, 11) is 1.57. The molecule has 3 aliphatic rings. The van der Waals surface area contributed by atoms with Crippen LogP contribution in [0.2, 0.25) is 0 Å². The number of hydrogen-bond acceptors (Lipinski definition) is 5. The van der Waals surface area contributed by atoms with Crippen molar-refractivity contribution in [1.82, 2.24) is 15.1 Å². The van der Waals surface area contributed by atoms with Crippen LogP contribution in [0.1, 0.15) is 72.1 Å². The van der Waals surface area contributed by atoms with Crippen molar-refractivity contribution in [3.8, 4) is 5.75 Å². The molecule has 4 amide bonds. The summed E-state index contributed by atoms with van der Waals surface area (Å²) in [5.41, 5.74) is 2.49. The SMILES string of the molecule is COc1cccc(C(=O)Nc2ccc(N3CCN(C(=O)NC4CCCCC4)CC3)c(C(=O)N3CCCCC3)c2)c1. The van der Waals surface area contributed by atoms with Gasteiger partial charge in [0.2, 0.25) is 0 Å². The van der Waals surface area contributed by atoms with E-state index in [9.17, 15) is 14.4 Å². The van der Waals surface area contributed by atoms with Crippen LogP contribution < -0.4 is 20.3 Å². The molecular weight excluding hydrogens is 506 g/mol. The number of urea groups is 1. The lowest BCUT2D eigenvalue weighted by atomic mass is 9.96. The molecule has 2 aliphatic heterocycles. The van der Waals surface area contributed by atoms with Gasteiger partial charge >= 0.3 is 6.03 Å². The highest BCUT2D eigenvalue weighted by Gasteiger charge is 2.28. The highest BCUT2D eigenvalue weighted by Crippen LogP contribution is 2.29. The van der Waals surface area contributed by atoms with Gasteiger partial charge in [-0.25, -0.2) is 4.79 Å². The molecule has 0 unspecified atom stereocenters. The Balaban J connectivity index is 1.30. The summed E-state index contributed by atoms with van der Waals surface area (Å²) in [5, 5.41) is 6.18. The molecule has 3 fully saturated rings. The van der Waals surface area contributed by atoms with E-state index < -0.39 is 0 Å². The lowest BCUT2D eigenvalue weighted by Crippen LogP contribution is -2.54. The second-order valence-electron chi connectivity index (χ2n) is 11.0. The van der Waals surface area contributed by atoms with Crippen LogP contribution in [0.3, 0.4) is 0 Å². The number of hydrogen-bond donors (Lipinski definition) is 2. The van der Waals surface area contributed by atoms with E-state index in [0.29, 0.717) is 48.7 Å². The molecule has 2 aromatic rings. The normalized spacial score (nSPS) is 18.3. The average molecular weight is 548 g/mol. The number of amides is 4. The first-order valence-corrected chi connectivity index (χ1v) is 14.7. The van der Waals surface area contributed by atoms with Crippen LogP contribution in [-0.4, -0.2) is 80.1 Å². The summed E-state index contributed by atoms with van der Waals surface area (Å²) in [6.45, 7) is 3.98. The molecule has 9 heteroatoms. The minimum atomic E-state index is -0.263. The molecule has 0 bridgehead atoms. The summed E-state index contributed by atoms with van der Waals surface area (Å²) < 4.78 is 5.25. The molecule has 214 valence electrons. The van der Waals surface area contributed by atoms with Crippen molar-refractivity contribution < 1.29 is 19.1 Å². The number of piperazine rings is 1. The summed E-state index contributed by atoms with van der Waals surface area (Å²) in [4.78, 5) is 45.6. The quantitative estimate of drug-likeness (QED) is 0.545. The van der Waals surface area contributed by atoms with Gasteiger partial charge in [0, 0.05) is 62.2 Å². The first-order chi connectivity index (χ1) is 19.5. The van der Waals surface area contributed by atoms with Gasteiger partial charge in [-0.3, -0.25) is 9.59 Å². The van der Waals surface area contributed by atoms with E-state index in [2.05, 4.69) is 15.5 Å². The number of rotatable bonds is 6. The Morgan fingerprint density at radius 3 is 2.25 bits per heavy atom. The standard InChI is InChI=1S/C31H41N5O4/c1-40-26-12-8-9-23(21-26)29(37)32-25-13-14-28(27(22-25)30(38)35-15-6-3-7-16-35)34-17-19-36(20-18-34)31(39)33-24-10-4-2-5-11-24/h8-9,12-14,21-22,24H,2-7,10-11,15-20H2,1H3,(H,32,37)(H,33,39). The van der Waals surface area contributed by atoms with Gasteiger partial charge in [-0.1, -0.05) is 25.3 Å². The smallest absolute Gasteiger partial charge is 0.317 e. The van der Waals surface area contributed by atoms with Crippen LogP contribution in [0.4, 0.5) is 16.2 Å². The van der Waals surface area contributed by atoms with Gasteiger partial charge in [0.1, 0.15) is 5.75 Å². The highest BCUT2D eigenvalue weighted by molar-refractivity contribution is 6.06. The zero-order valence-corrected chi connectivity index (χ0v) is 23.5. The van der Waals surface area contributed by atoms with Crippen molar-refractivity contribution in [3.63, 3.8) is 0 Å². The van der Waals surface area contributed by atoms with E-state index in [4.69, 9.17) is 4.74 Å². The molecule has 2 heterocycles. The number of carbonyl (C=O) groups excluding carboxylic acids is 3.